The molecule has 1 aliphatic rings. The van der Waals surface area contributed by atoms with E-state index >= 15 is 0 Å². The molecule has 1 fully saturated rings. The zero-order valence-electron chi connectivity index (χ0n) is 10.7. The van der Waals surface area contributed by atoms with Gasteiger partial charge in [-0.25, -0.2) is 4.68 Å². The van der Waals surface area contributed by atoms with Crippen LogP contribution in [0.25, 0.3) is 0 Å². The van der Waals surface area contributed by atoms with Gasteiger partial charge in [0.2, 0.25) is 0 Å². The Kier molecular flexibility index (Phi) is 3.94. The molecule has 0 amide bonds. The molecule has 2 rings (SSSR count). The van der Waals surface area contributed by atoms with Gasteiger partial charge in [-0.1, -0.05) is 5.21 Å². The fourth-order valence-corrected chi connectivity index (χ4v) is 2.21. The Morgan fingerprint density at radius 2 is 2.39 bits per heavy atom. The molecule has 1 N–H and O–H groups in total. The summed E-state index contributed by atoms with van der Waals surface area (Å²) in [6.45, 7) is 4.99. The van der Waals surface area contributed by atoms with Gasteiger partial charge >= 0.3 is 0 Å². The number of hydrogen-bond acceptors (Lipinski definition) is 5. The van der Waals surface area contributed by atoms with Gasteiger partial charge in [0.1, 0.15) is 5.69 Å². The Morgan fingerprint density at radius 1 is 1.61 bits per heavy atom. The van der Waals surface area contributed by atoms with Crippen molar-refractivity contribution in [1.29, 1.82) is 5.26 Å². The highest BCUT2D eigenvalue weighted by atomic mass is 16.5. The first-order chi connectivity index (χ1) is 8.65. The summed E-state index contributed by atoms with van der Waals surface area (Å²) in [5, 5.41) is 26.7. The van der Waals surface area contributed by atoms with Crippen LogP contribution in [0.5, 0.6) is 0 Å². The summed E-state index contributed by atoms with van der Waals surface area (Å²) in [7, 11) is 0. The molecule has 2 heterocycles. The second-order valence-electron chi connectivity index (χ2n) is 4.74. The molecule has 0 aliphatic carbocycles. The maximum Gasteiger partial charge on any atom is 0.100 e. The molecule has 1 aromatic heterocycles. The molecule has 3 atom stereocenters. The van der Waals surface area contributed by atoms with Crippen LogP contribution < -0.4 is 0 Å². The van der Waals surface area contributed by atoms with Crippen molar-refractivity contribution in [3.05, 3.63) is 11.4 Å². The topological polar surface area (TPSA) is 84.0 Å². The van der Waals surface area contributed by atoms with Gasteiger partial charge in [-0.15, -0.1) is 5.10 Å². The minimum Gasteiger partial charge on any atom is -0.391 e. The van der Waals surface area contributed by atoms with Crippen molar-refractivity contribution in [3.63, 3.8) is 0 Å². The van der Waals surface area contributed by atoms with Crippen LogP contribution in [0.1, 0.15) is 43.6 Å². The first-order valence-corrected chi connectivity index (χ1v) is 6.21. The van der Waals surface area contributed by atoms with E-state index in [1.807, 2.05) is 6.92 Å². The van der Waals surface area contributed by atoms with E-state index in [1.54, 1.807) is 11.6 Å². The normalized spacial score (nSPS) is 22.7. The molecular weight excluding hydrogens is 232 g/mol. The summed E-state index contributed by atoms with van der Waals surface area (Å²) >= 11 is 0. The van der Waals surface area contributed by atoms with Gasteiger partial charge in [0.25, 0.3) is 0 Å². The lowest BCUT2D eigenvalue weighted by molar-refractivity contribution is 0.128. The summed E-state index contributed by atoms with van der Waals surface area (Å²) in [5.74, 6) is 0.226. The highest BCUT2D eigenvalue weighted by molar-refractivity contribution is 5.20. The zero-order chi connectivity index (χ0) is 13.1. The van der Waals surface area contributed by atoms with Gasteiger partial charge in [-0.2, -0.15) is 5.26 Å². The molecular formula is C12H18N4O2. The van der Waals surface area contributed by atoms with E-state index in [2.05, 4.69) is 16.4 Å². The predicted molar refractivity (Wildman–Crippen MR) is 63.9 cm³/mol. The molecule has 3 unspecified atom stereocenters. The van der Waals surface area contributed by atoms with Crippen LogP contribution >= 0.6 is 0 Å². The molecule has 6 nitrogen and oxygen atoms in total. The number of aliphatic hydroxyl groups excluding tert-OH is 1. The predicted octanol–water partition coefficient (Wildman–Crippen LogP) is 0.790. The monoisotopic (exact) mass is 250 g/mol. The van der Waals surface area contributed by atoms with Crippen molar-refractivity contribution < 1.29 is 9.84 Å². The second kappa shape index (κ2) is 5.46. The summed E-state index contributed by atoms with van der Waals surface area (Å²) in [5.41, 5.74) is 1.66. The molecule has 0 bridgehead atoms. The van der Waals surface area contributed by atoms with Gasteiger partial charge < -0.3 is 9.84 Å². The quantitative estimate of drug-likeness (QED) is 0.854. The van der Waals surface area contributed by atoms with Crippen LogP contribution in [0.2, 0.25) is 0 Å². The molecule has 0 spiro atoms. The Hall–Kier alpha value is -1.45. The van der Waals surface area contributed by atoms with Gasteiger partial charge in [0.15, 0.2) is 0 Å². The van der Waals surface area contributed by atoms with Gasteiger partial charge in [-0.3, -0.25) is 0 Å². The molecule has 1 aromatic rings. The van der Waals surface area contributed by atoms with E-state index in [-0.39, 0.29) is 18.4 Å². The van der Waals surface area contributed by atoms with E-state index in [0.29, 0.717) is 12.3 Å². The summed E-state index contributed by atoms with van der Waals surface area (Å²) in [4.78, 5) is 0. The number of rotatable bonds is 4. The standard InChI is InChI=1S/C12H18N4O2/c1-8(9(2)17)16-12(10-4-6-18-7-10)11(3-5-13)14-15-16/h8-10,17H,3-4,6-7H2,1-2H3. The van der Waals surface area contributed by atoms with Crippen molar-refractivity contribution in [1.82, 2.24) is 15.0 Å². The van der Waals surface area contributed by atoms with Crippen molar-refractivity contribution in [3.8, 4) is 6.07 Å². The number of ether oxygens (including phenoxy) is 1. The van der Waals surface area contributed by atoms with E-state index in [9.17, 15) is 5.11 Å². The molecule has 6 heteroatoms. The Labute approximate surface area is 106 Å². The first kappa shape index (κ1) is 13.0. The molecule has 1 aliphatic heterocycles. The van der Waals surface area contributed by atoms with E-state index in [4.69, 9.17) is 10.00 Å². The number of nitrogens with zero attached hydrogens (tertiary/aromatic N) is 4. The molecule has 18 heavy (non-hydrogen) atoms. The van der Waals surface area contributed by atoms with Crippen LogP contribution in [0.15, 0.2) is 0 Å². The van der Waals surface area contributed by atoms with Crippen molar-refractivity contribution in [2.45, 2.75) is 44.8 Å². The first-order valence-electron chi connectivity index (χ1n) is 6.21. The largest absolute Gasteiger partial charge is 0.391 e. The van der Waals surface area contributed by atoms with Crippen LogP contribution in [0.3, 0.4) is 0 Å². The summed E-state index contributed by atoms with van der Waals surface area (Å²) in [6, 6.07) is 1.96. The Balaban J connectivity index is 2.37. The van der Waals surface area contributed by atoms with Gasteiger partial charge in [0.05, 0.1) is 36.9 Å². The lowest BCUT2D eigenvalue weighted by Gasteiger charge is -2.20. The summed E-state index contributed by atoms with van der Waals surface area (Å²) in [6.07, 6.45) is 0.652. The third-order valence-corrected chi connectivity index (χ3v) is 3.45. The van der Waals surface area contributed by atoms with Crippen LogP contribution in [-0.2, 0) is 11.2 Å². The molecule has 0 radical (unpaired) electrons. The Bertz CT molecular complexity index is 443. The number of aliphatic hydroxyl groups is 1. The van der Waals surface area contributed by atoms with Gasteiger partial charge in [0, 0.05) is 12.5 Å². The highest BCUT2D eigenvalue weighted by Crippen LogP contribution is 2.29. The third-order valence-electron chi connectivity index (χ3n) is 3.45. The summed E-state index contributed by atoms with van der Waals surface area (Å²) < 4.78 is 7.14. The average Bonchev–Trinajstić information content (AvgIpc) is 2.96. The Morgan fingerprint density at radius 3 is 2.94 bits per heavy atom. The van der Waals surface area contributed by atoms with Gasteiger partial charge in [-0.05, 0) is 20.3 Å². The number of nitriles is 1. The second-order valence-corrected chi connectivity index (χ2v) is 4.74. The average molecular weight is 250 g/mol. The SMILES string of the molecule is CC(O)C(C)n1nnc(CC#N)c1C1CCOC1. The number of aromatic nitrogens is 3. The van der Waals surface area contributed by atoms with Crippen molar-refractivity contribution >= 4 is 0 Å². The maximum absolute atomic E-state index is 9.70. The minimum absolute atomic E-state index is 0.152. The van der Waals surface area contributed by atoms with E-state index < -0.39 is 6.10 Å². The lowest BCUT2D eigenvalue weighted by atomic mass is 10.0. The molecule has 1 saturated heterocycles. The third kappa shape index (κ3) is 2.37. The molecule has 0 aromatic carbocycles. The zero-order valence-corrected chi connectivity index (χ0v) is 10.7. The number of hydrogen-bond donors (Lipinski definition) is 1. The van der Waals surface area contributed by atoms with E-state index in [0.717, 1.165) is 18.7 Å². The fourth-order valence-electron chi connectivity index (χ4n) is 2.21. The molecule has 98 valence electrons. The highest BCUT2D eigenvalue weighted by Gasteiger charge is 2.28. The van der Waals surface area contributed by atoms with E-state index in [1.165, 1.54) is 0 Å². The molecule has 0 saturated carbocycles. The lowest BCUT2D eigenvalue weighted by Crippen LogP contribution is -2.23. The van der Waals surface area contributed by atoms with Crippen molar-refractivity contribution in [2.75, 3.05) is 13.2 Å². The smallest absolute Gasteiger partial charge is 0.100 e. The van der Waals surface area contributed by atoms with Crippen LogP contribution in [-0.4, -0.2) is 39.4 Å². The fraction of sp³-hybridized carbons (Fsp3) is 0.750. The van der Waals surface area contributed by atoms with Crippen LogP contribution in [0, 0.1) is 11.3 Å². The maximum atomic E-state index is 9.70. The van der Waals surface area contributed by atoms with Crippen LogP contribution in [0.4, 0.5) is 0 Å². The van der Waals surface area contributed by atoms with Crippen molar-refractivity contribution in [2.24, 2.45) is 0 Å². The minimum atomic E-state index is -0.511.